The van der Waals surface area contributed by atoms with Crippen molar-refractivity contribution in [3.63, 3.8) is 0 Å². The first-order valence-corrected chi connectivity index (χ1v) is 8.38. The molecule has 1 aliphatic heterocycles. The maximum Gasteiger partial charge on any atom is 0.342 e. The van der Waals surface area contributed by atoms with Crippen molar-refractivity contribution in [2.24, 2.45) is 0 Å². The lowest BCUT2D eigenvalue weighted by Gasteiger charge is -2.05. The Hall–Kier alpha value is -2.63. The Balaban J connectivity index is 2.17. The molecule has 0 radical (unpaired) electrons. The second kappa shape index (κ2) is 5.47. The van der Waals surface area contributed by atoms with E-state index in [2.05, 4.69) is 0 Å². The molecule has 118 valence electrons. The zero-order chi connectivity index (χ0) is 16.8. The van der Waals surface area contributed by atoms with E-state index < -0.39 is 11.5 Å². The average molecular weight is 356 g/mol. The van der Waals surface area contributed by atoms with Crippen molar-refractivity contribution in [1.29, 1.82) is 0 Å². The number of nitrogens with zero attached hydrogens (tertiary/aromatic N) is 1. The molecule has 1 aromatic carbocycles. The summed E-state index contributed by atoms with van der Waals surface area (Å²) in [5, 5.41) is 12.6. The smallest absolute Gasteiger partial charge is 0.342 e. The van der Waals surface area contributed by atoms with Gasteiger partial charge in [0.2, 0.25) is 0 Å². The van der Waals surface area contributed by atoms with Gasteiger partial charge >= 0.3 is 5.97 Å². The first kappa shape index (κ1) is 14.9. The number of fused-ring (bicyclic) bond motifs is 2. The fraction of sp³-hybridized carbons (Fsp3) is 0. The van der Waals surface area contributed by atoms with Crippen LogP contribution >= 0.6 is 22.9 Å². The summed E-state index contributed by atoms with van der Waals surface area (Å²) in [5.74, 6) is -1.24. The molecule has 0 unspecified atom stereocenters. The number of rotatable bonds is 2. The predicted octanol–water partition coefficient (Wildman–Crippen LogP) is 4.51. The quantitative estimate of drug-likeness (QED) is 0.575. The molecule has 2 heterocycles. The Kier molecular flexibility index (Phi) is 3.40. The van der Waals surface area contributed by atoms with E-state index in [4.69, 9.17) is 11.6 Å². The summed E-state index contributed by atoms with van der Waals surface area (Å²) in [5.41, 5.74) is 0.774. The highest BCUT2D eigenvalue weighted by atomic mass is 35.5. The first-order valence-electron chi connectivity index (χ1n) is 7.12. The van der Waals surface area contributed by atoms with Crippen molar-refractivity contribution in [3.05, 3.63) is 74.9 Å². The van der Waals surface area contributed by atoms with Crippen LogP contribution in [0.1, 0.15) is 10.4 Å². The summed E-state index contributed by atoms with van der Waals surface area (Å²) in [6.07, 6.45) is 0. The highest BCUT2D eigenvalue weighted by Gasteiger charge is 2.26. The minimum atomic E-state index is -1.24. The van der Waals surface area contributed by atoms with Crippen LogP contribution in [0.4, 0.5) is 0 Å². The number of aromatic carboxylic acids is 1. The lowest BCUT2D eigenvalue weighted by atomic mass is 10.1. The molecule has 0 amide bonds. The summed E-state index contributed by atoms with van der Waals surface area (Å²) in [4.78, 5) is 24.4. The number of hydrogen-bond donors (Lipinski definition) is 1. The van der Waals surface area contributed by atoms with E-state index in [1.54, 1.807) is 36.4 Å². The minimum absolute atomic E-state index is 0.229. The molecule has 0 saturated heterocycles. The van der Waals surface area contributed by atoms with Crippen LogP contribution in [0.3, 0.4) is 0 Å². The Morgan fingerprint density at radius 1 is 1.08 bits per heavy atom. The number of carboxylic acid groups (broad SMARTS) is 1. The van der Waals surface area contributed by atoms with E-state index in [-0.39, 0.29) is 5.56 Å². The highest BCUT2D eigenvalue weighted by molar-refractivity contribution is 7.17. The van der Waals surface area contributed by atoms with Crippen molar-refractivity contribution in [2.45, 2.75) is 0 Å². The molecule has 0 atom stereocenters. The maximum absolute atomic E-state index is 12.8. The summed E-state index contributed by atoms with van der Waals surface area (Å²) in [7, 11) is 0. The van der Waals surface area contributed by atoms with Crippen LogP contribution in [-0.2, 0) is 0 Å². The lowest BCUT2D eigenvalue weighted by molar-refractivity contribution is 0.0696. The molecule has 0 spiro atoms. The van der Waals surface area contributed by atoms with Crippen LogP contribution in [0.2, 0.25) is 5.02 Å². The molecule has 1 N–H and O–H groups in total. The van der Waals surface area contributed by atoms with Gasteiger partial charge in [0.1, 0.15) is 5.56 Å². The topological polar surface area (TPSA) is 59.3 Å². The molecule has 1 aromatic heterocycles. The van der Waals surface area contributed by atoms with E-state index in [0.29, 0.717) is 22.0 Å². The van der Waals surface area contributed by atoms with Crippen LogP contribution in [0, 0.1) is 0 Å². The second-order valence-corrected chi connectivity index (χ2v) is 6.58. The van der Waals surface area contributed by atoms with Gasteiger partial charge in [-0.3, -0.25) is 9.36 Å². The van der Waals surface area contributed by atoms with E-state index in [0.717, 1.165) is 10.1 Å². The van der Waals surface area contributed by atoms with Crippen molar-refractivity contribution >= 4 is 39.0 Å². The molecule has 2 aliphatic rings. The standard InChI is InChI=1S/C18H10ClNO3S/c19-11-6-4-8-14-16(11)13(9-24-14)20-12-7-3-1-2-5-10(12)15(17(20)21)18(22)23/h1-9H,(H,22,23). The largest absolute Gasteiger partial charge is 0.477 e. The van der Waals surface area contributed by atoms with Gasteiger partial charge < -0.3 is 5.11 Å². The third-order valence-corrected chi connectivity index (χ3v) is 5.18. The third-order valence-electron chi connectivity index (χ3n) is 3.93. The number of aromatic nitrogens is 1. The summed E-state index contributed by atoms with van der Waals surface area (Å²) >= 11 is 7.79. The molecular weight excluding hydrogens is 346 g/mol. The van der Waals surface area contributed by atoms with Gasteiger partial charge in [-0.05, 0) is 18.2 Å². The zero-order valence-electron chi connectivity index (χ0n) is 12.2. The molecule has 0 fully saturated rings. The first-order chi connectivity index (χ1) is 11.6. The predicted molar refractivity (Wildman–Crippen MR) is 96.0 cm³/mol. The van der Waals surface area contributed by atoms with Gasteiger partial charge in [-0.25, -0.2) is 4.79 Å². The number of thiophene rings is 1. The fourth-order valence-corrected chi connectivity index (χ4v) is 4.20. The van der Waals surface area contributed by atoms with Crippen LogP contribution in [0.25, 0.3) is 27.0 Å². The summed E-state index contributed by atoms with van der Waals surface area (Å²) in [6.45, 7) is 0. The number of carboxylic acids is 1. The van der Waals surface area contributed by atoms with Crippen molar-refractivity contribution in [3.8, 4) is 16.9 Å². The Morgan fingerprint density at radius 2 is 1.88 bits per heavy atom. The molecule has 4 rings (SSSR count). The van der Waals surface area contributed by atoms with Gasteiger partial charge in [0.05, 0.1) is 16.4 Å². The minimum Gasteiger partial charge on any atom is -0.477 e. The molecule has 2 aromatic rings. The van der Waals surface area contributed by atoms with Gasteiger partial charge in [-0.2, -0.15) is 0 Å². The average Bonchev–Trinajstić information content (AvgIpc) is 2.98. The molecular formula is C18H10ClNO3S. The number of benzene rings is 1. The Morgan fingerprint density at radius 3 is 2.67 bits per heavy atom. The van der Waals surface area contributed by atoms with E-state index in [9.17, 15) is 14.7 Å². The molecule has 0 bridgehead atoms. The third kappa shape index (κ3) is 2.06. The van der Waals surface area contributed by atoms with Crippen molar-refractivity contribution in [2.75, 3.05) is 0 Å². The lowest BCUT2D eigenvalue weighted by Crippen LogP contribution is -2.18. The molecule has 6 heteroatoms. The molecule has 1 aliphatic carbocycles. The monoisotopic (exact) mass is 355 g/mol. The van der Waals surface area contributed by atoms with E-state index in [1.807, 2.05) is 17.5 Å². The normalized spacial score (nSPS) is 11.2. The summed E-state index contributed by atoms with van der Waals surface area (Å²) in [6, 6.07) is 14.2. The Bertz CT molecular complexity index is 1130. The van der Waals surface area contributed by atoms with Crippen LogP contribution in [0.15, 0.2) is 58.7 Å². The zero-order valence-corrected chi connectivity index (χ0v) is 13.8. The summed E-state index contributed by atoms with van der Waals surface area (Å²) < 4.78 is 2.37. The van der Waals surface area contributed by atoms with E-state index in [1.165, 1.54) is 15.9 Å². The molecule has 0 saturated carbocycles. The van der Waals surface area contributed by atoms with Crippen molar-refractivity contribution < 1.29 is 9.90 Å². The van der Waals surface area contributed by atoms with Crippen molar-refractivity contribution in [1.82, 2.24) is 4.57 Å². The highest BCUT2D eigenvalue weighted by Crippen LogP contribution is 2.37. The van der Waals surface area contributed by atoms with Crippen LogP contribution in [-0.4, -0.2) is 15.6 Å². The number of halogens is 1. The molecule has 24 heavy (non-hydrogen) atoms. The van der Waals surface area contributed by atoms with Gasteiger partial charge in [-0.1, -0.05) is 41.9 Å². The van der Waals surface area contributed by atoms with Gasteiger partial charge in [-0.15, -0.1) is 11.3 Å². The number of carbonyl (C=O) groups is 1. The number of hydrogen-bond acceptors (Lipinski definition) is 3. The Labute approximate surface area is 145 Å². The second-order valence-electron chi connectivity index (χ2n) is 5.26. The van der Waals surface area contributed by atoms with E-state index >= 15 is 0 Å². The van der Waals surface area contributed by atoms with Gasteiger partial charge in [0, 0.05) is 21.0 Å². The maximum atomic E-state index is 12.8. The van der Waals surface area contributed by atoms with Crippen LogP contribution in [0.5, 0.6) is 0 Å². The fourth-order valence-electron chi connectivity index (χ4n) is 2.92. The molecule has 4 nitrogen and oxygen atoms in total. The van der Waals surface area contributed by atoms with Gasteiger partial charge in [0.15, 0.2) is 0 Å². The van der Waals surface area contributed by atoms with Gasteiger partial charge in [0.25, 0.3) is 5.56 Å². The van der Waals surface area contributed by atoms with Crippen LogP contribution < -0.4 is 5.56 Å². The SMILES string of the molecule is O=C(O)c1c2cccccc-2n(-c2csc3cccc(Cl)c23)c1=O.